The number of nitrogens with one attached hydrogen (secondary N) is 1. The Morgan fingerprint density at radius 1 is 1.29 bits per heavy atom. The Balaban J connectivity index is 1.59. The van der Waals surface area contributed by atoms with Gasteiger partial charge in [-0.05, 0) is 49.7 Å². The Morgan fingerprint density at radius 3 is 2.82 bits per heavy atom. The molecule has 1 aromatic heterocycles. The number of aromatic nitrogens is 3. The van der Waals surface area contributed by atoms with Crippen LogP contribution in [0.5, 0.6) is 0 Å². The number of amides is 1. The topological polar surface area (TPSA) is 53.9 Å². The van der Waals surface area contributed by atoms with Gasteiger partial charge in [0.2, 0.25) is 5.91 Å². The highest BCUT2D eigenvalue weighted by Crippen LogP contribution is 2.33. The zero-order chi connectivity index (χ0) is 19.7. The molecule has 1 unspecified atom stereocenters. The van der Waals surface area contributed by atoms with Crippen LogP contribution < -0.4 is 0 Å². The molecule has 1 aliphatic rings. The first kappa shape index (κ1) is 19.1. The summed E-state index contributed by atoms with van der Waals surface area (Å²) in [7, 11) is 0. The highest BCUT2D eigenvalue weighted by Gasteiger charge is 2.30. The molecule has 2 heterocycles. The number of H-pyrrole nitrogens is 1. The molecule has 1 N–H and O–H groups in total. The molecule has 1 saturated heterocycles. The normalized spacial score (nSPS) is 16.5. The highest BCUT2D eigenvalue weighted by atomic mass is 79.9. The SMILES string of the molecule is Cc1ccc(-c2n[nH]c(=S)n2CC(=O)N2CCCC2c2cccc(Br)c2)cc1. The van der Waals surface area contributed by atoms with Crippen LogP contribution in [0.1, 0.15) is 30.0 Å². The van der Waals surface area contributed by atoms with Gasteiger partial charge in [-0.15, -0.1) is 0 Å². The molecule has 1 amide bonds. The van der Waals surface area contributed by atoms with E-state index in [2.05, 4.69) is 38.3 Å². The summed E-state index contributed by atoms with van der Waals surface area (Å²) in [5.74, 6) is 0.755. The third kappa shape index (κ3) is 3.82. The van der Waals surface area contributed by atoms with Gasteiger partial charge in [-0.1, -0.05) is 57.9 Å². The van der Waals surface area contributed by atoms with Crippen LogP contribution in [0.15, 0.2) is 53.0 Å². The van der Waals surface area contributed by atoms with Crippen LogP contribution in [0.4, 0.5) is 0 Å². The summed E-state index contributed by atoms with van der Waals surface area (Å²) in [6, 6.07) is 16.4. The van der Waals surface area contributed by atoms with Gasteiger partial charge < -0.3 is 4.90 Å². The first-order chi connectivity index (χ1) is 13.5. The molecule has 144 valence electrons. The molecule has 0 spiro atoms. The molecule has 5 nitrogen and oxygen atoms in total. The van der Waals surface area contributed by atoms with Crippen molar-refractivity contribution in [3.05, 3.63) is 68.9 Å². The van der Waals surface area contributed by atoms with E-state index in [9.17, 15) is 4.79 Å². The maximum absolute atomic E-state index is 13.2. The van der Waals surface area contributed by atoms with Crippen molar-refractivity contribution in [3.63, 3.8) is 0 Å². The quantitative estimate of drug-likeness (QED) is 0.559. The monoisotopic (exact) mass is 456 g/mol. The molecule has 3 aromatic rings. The number of likely N-dealkylation sites (tertiary alicyclic amines) is 1. The van der Waals surface area contributed by atoms with E-state index < -0.39 is 0 Å². The Labute approximate surface area is 177 Å². The van der Waals surface area contributed by atoms with Crippen molar-refractivity contribution >= 4 is 34.1 Å². The second kappa shape index (κ2) is 8.01. The van der Waals surface area contributed by atoms with Crippen LogP contribution in [0, 0.1) is 11.7 Å². The molecule has 28 heavy (non-hydrogen) atoms. The van der Waals surface area contributed by atoms with Crippen molar-refractivity contribution in [2.24, 2.45) is 0 Å². The van der Waals surface area contributed by atoms with E-state index in [1.807, 2.05) is 48.2 Å². The summed E-state index contributed by atoms with van der Waals surface area (Å²) in [6.07, 6.45) is 1.98. The summed E-state index contributed by atoms with van der Waals surface area (Å²) in [5.41, 5.74) is 3.28. The van der Waals surface area contributed by atoms with Gasteiger partial charge in [-0.25, -0.2) is 0 Å². The lowest BCUT2D eigenvalue weighted by Gasteiger charge is -2.25. The van der Waals surface area contributed by atoms with Gasteiger partial charge in [-0.2, -0.15) is 5.10 Å². The average Bonchev–Trinajstić information content (AvgIpc) is 3.30. The fourth-order valence-corrected chi connectivity index (χ4v) is 4.35. The van der Waals surface area contributed by atoms with Crippen LogP contribution in [0.25, 0.3) is 11.4 Å². The minimum Gasteiger partial charge on any atom is -0.334 e. The van der Waals surface area contributed by atoms with Gasteiger partial charge in [0.25, 0.3) is 0 Å². The molecule has 0 saturated carbocycles. The van der Waals surface area contributed by atoms with E-state index >= 15 is 0 Å². The predicted octanol–water partition coefficient (Wildman–Crippen LogP) is 5.04. The highest BCUT2D eigenvalue weighted by molar-refractivity contribution is 9.10. The first-order valence-corrected chi connectivity index (χ1v) is 10.5. The fraction of sp³-hybridized carbons (Fsp3) is 0.286. The second-order valence-electron chi connectivity index (χ2n) is 7.10. The number of nitrogens with zero attached hydrogens (tertiary/aromatic N) is 3. The smallest absolute Gasteiger partial charge is 0.243 e. The Hall–Kier alpha value is -2.25. The van der Waals surface area contributed by atoms with Crippen molar-refractivity contribution in [2.75, 3.05) is 6.54 Å². The zero-order valence-corrected chi connectivity index (χ0v) is 18.0. The molecular weight excluding hydrogens is 436 g/mol. The summed E-state index contributed by atoms with van der Waals surface area (Å²) in [5, 5.41) is 7.19. The molecule has 0 radical (unpaired) electrons. The minimum absolute atomic E-state index is 0.0633. The number of hydrogen-bond acceptors (Lipinski definition) is 3. The first-order valence-electron chi connectivity index (χ1n) is 9.30. The molecule has 1 aliphatic heterocycles. The van der Waals surface area contributed by atoms with Crippen molar-refractivity contribution in [1.29, 1.82) is 0 Å². The summed E-state index contributed by atoms with van der Waals surface area (Å²) in [4.78, 5) is 15.1. The van der Waals surface area contributed by atoms with Crippen molar-refractivity contribution in [1.82, 2.24) is 19.7 Å². The number of hydrogen-bond donors (Lipinski definition) is 1. The molecule has 4 rings (SSSR count). The van der Waals surface area contributed by atoms with Crippen LogP contribution in [-0.4, -0.2) is 32.1 Å². The van der Waals surface area contributed by atoms with Gasteiger partial charge in [0.05, 0.1) is 6.04 Å². The van der Waals surface area contributed by atoms with E-state index in [0.717, 1.165) is 35.0 Å². The molecule has 7 heteroatoms. The Morgan fingerprint density at radius 2 is 2.07 bits per heavy atom. The van der Waals surface area contributed by atoms with E-state index in [0.29, 0.717) is 10.6 Å². The van der Waals surface area contributed by atoms with Crippen molar-refractivity contribution in [2.45, 2.75) is 32.4 Å². The third-order valence-corrected chi connectivity index (χ3v) is 5.97. The lowest BCUT2D eigenvalue weighted by atomic mass is 10.0. The van der Waals surface area contributed by atoms with Crippen molar-refractivity contribution < 1.29 is 4.79 Å². The van der Waals surface area contributed by atoms with E-state index in [1.54, 1.807) is 4.57 Å². The fourth-order valence-electron chi connectivity index (χ4n) is 3.74. The number of aromatic amines is 1. The Bertz CT molecular complexity index is 1060. The molecule has 0 aliphatic carbocycles. The van der Waals surface area contributed by atoms with E-state index in [-0.39, 0.29) is 18.5 Å². The lowest BCUT2D eigenvalue weighted by molar-refractivity contribution is -0.132. The van der Waals surface area contributed by atoms with Crippen LogP contribution >= 0.6 is 28.1 Å². The maximum Gasteiger partial charge on any atom is 0.243 e. The summed E-state index contributed by atoms with van der Waals surface area (Å²) >= 11 is 8.93. The minimum atomic E-state index is 0.0633. The van der Waals surface area contributed by atoms with Gasteiger partial charge in [0.15, 0.2) is 10.6 Å². The molecule has 0 bridgehead atoms. The third-order valence-electron chi connectivity index (χ3n) is 5.17. The number of aryl methyl sites for hydroxylation is 1. The van der Waals surface area contributed by atoms with Crippen LogP contribution in [0.2, 0.25) is 0 Å². The molecule has 1 atom stereocenters. The van der Waals surface area contributed by atoms with Gasteiger partial charge in [0, 0.05) is 16.6 Å². The number of benzene rings is 2. The molecule has 1 fully saturated rings. The predicted molar refractivity (Wildman–Crippen MR) is 115 cm³/mol. The summed E-state index contributed by atoms with van der Waals surface area (Å²) < 4.78 is 3.28. The number of carbonyl (C=O) groups is 1. The lowest BCUT2D eigenvalue weighted by Crippen LogP contribution is -2.33. The average molecular weight is 457 g/mol. The van der Waals surface area contributed by atoms with Crippen LogP contribution in [0.3, 0.4) is 0 Å². The van der Waals surface area contributed by atoms with E-state index in [4.69, 9.17) is 12.2 Å². The van der Waals surface area contributed by atoms with Gasteiger partial charge in [0.1, 0.15) is 6.54 Å². The van der Waals surface area contributed by atoms with Gasteiger partial charge >= 0.3 is 0 Å². The summed E-state index contributed by atoms with van der Waals surface area (Å²) in [6.45, 7) is 2.99. The second-order valence-corrected chi connectivity index (χ2v) is 8.41. The number of carbonyl (C=O) groups excluding carboxylic acids is 1. The molecular formula is C21H21BrN4OS. The van der Waals surface area contributed by atoms with Gasteiger partial charge in [-0.3, -0.25) is 14.5 Å². The zero-order valence-electron chi connectivity index (χ0n) is 15.6. The maximum atomic E-state index is 13.2. The van der Waals surface area contributed by atoms with Crippen molar-refractivity contribution in [3.8, 4) is 11.4 Å². The van der Waals surface area contributed by atoms with E-state index in [1.165, 1.54) is 5.56 Å². The largest absolute Gasteiger partial charge is 0.334 e. The standard InChI is InChI=1S/C21H21BrN4OS/c1-14-7-9-15(10-8-14)20-23-24-21(28)26(20)13-19(27)25-11-3-6-18(25)16-4-2-5-17(22)12-16/h2,4-5,7-10,12,18H,3,6,11,13H2,1H3,(H,24,28). The number of rotatable bonds is 4. The van der Waals surface area contributed by atoms with Crippen LogP contribution in [-0.2, 0) is 11.3 Å². The Kier molecular flexibility index (Phi) is 5.46. The number of halogens is 1. The molecule has 2 aromatic carbocycles.